The average Bonchev–Trinajstić information content (AvgIpc) is 3.33. The van der Waals surface area contributed by atoms with Crippen molar-refractivity contribution in [2.75, 3.05) is 9.80 Å². The second-order valence-corrected chi connectivity index (χ2v) is 16.7. The summed E-state index contributed by atoms with van der Waals surface area (Å²) in [5.41, 5.74) is -2.12. The predicted octanol–water partition coefficient (Wildman–Crippen LogP) is 6.47. The van der Waals surface area contributed by atoms with Gasteiger partial charge in [-0.2, -0.15) is 10.1 Å². The predicted molar refractivity (Wildman–Crippen MR) is 189 cm³/mol. The third-order valence-corrected chi connectivity index (χ3v) is 10.6. The molecule has 2 unspecified atom stereocenters. The lowest BCUT2D eigenvalue weighted by Gasteiger charge is -2.54. The Morgan fingerprint density at radius 3 is 1.10 bits per heavy atom. The molecule has 2 spiro atoms. The second kappa shape index (κ2) is 11.8. The monoisotopic (exact) mass is 712 g/mol. The lowest BCUT2D eigenvalue weighted by Crippen LogP contribution is -2.66. The fourth-order valence-corrected chi connectivity index (χ4v) is 10.3. The van der Waals surface area contributed by atoms with E-state index in [1.807, 2.05) is 89.8 Å². The van der Waals surface area contributed by atoms with Crippen LogP contribution >= 0.6 is 18.9 Å². The van der Waals surface area contributed by atoms with Crippen LogP contribution < -0.4 is 9.80 Å². The number of anilines is 2. The van der Waals surface area contributed by atoms with Crippen LogP contribution in [-0.2, 0) is 34.7 Å². The first-order chi connectivity index (χ1) is 22.7. The van der Waals surface area contributed by atoms with Gasteiger partial charge in [0.25, 0.3) is 11.8 Å². The maximum Gasteiger partial charge on any atom is 0.422 e. The molecule has 0 aliphatic carbocycles. The summed E-state index contributed by atoms with van der Waals surface area (Å²) in [4.78, 5) is 56.3. The van der Waals surface area contributed by atoms with Gasteiger partial charge < -0.3 is 9.47 Å². The molecule has 2 aromatic rings. The van der Waals surface area contributed by atoms with E-state index >= 15 is 0 Å². The summed E-state index contributed by atoms with van der Waals surface area (Å²) in [6.45, 7) is 15.7. The van der Waals surface area contributed by atoms with Gasteiger partial charge in [-0.3, -0.25) is 18.8 Å². The minimum atomic E-state index is -1.29. The van der Waals surface area contributed by atoms with E-state index in [0.717, 1.165) is 20.9 Å². The first-order valence-electron chi connectivity index (χ1n) is 16.4. The molecular formula is C35H46N4O8P2. The van der Waals surface area contributed by atoms with Crippen LogP contribution in [-0.4, -0.2) is 67.5 Å². The molecule has 2 aromatic carbocycles. The van der Waals surface area contributed by atoms with E-state index in [4.69, 9.17) is 18.7 Å². The summed E-state index contributed by atoms with van der Waals surface area (Å²) in [5, 5.41) is 3.67. The minimum Gasteiger partial charge on any atom is -0.432 e. The normalized spacial score (nSPS) is 25.3. The summed E-state index contributed by atoms with van der Waals surface area (Å²) in [5.74, 6) is -0.755. The van der Waals surface area contributed by atoms with E-state index < -0.39 is 45.5 Å². The van der Waals surface area contributed by atoms with Crippen molar-refractivity contribution in [2.24, 2.45) is 0 Å². The van der Waals surface area contributed by atoms with Gasteiger partial charge in [0.2, 0.25) is 0 Å². The number of rotatable bonds is 6. The Bertz CT molecular complexity index is 1530. The smallest absolute Gasteiger partial charge is 0.422 e. The van der Waals surface area contributed by atoms with Crippen LogP contribution in [0.1, 0.15) is 92.2 Å². The standard InChI is InChI=1S/C35H46N4O8P2/c1-30(2)18-34(19-31(3,4)38(30)46-48)26(40)36(28(42)44-34)24-13-9-22(10-14-24)17-23-11-15-25(16-12-23)37-27(41)35(45-29(37)43)20-32(5,6)39(47-49)33(7,8)21-35/h9-16H,17-21,48-49H2,1-8H3. The van der Waals surface area contributed by atoms with Gasteiger partial charge in [-0.1, -0.05) is 24.3 Å². The van der Waals surface area contributed by atoms with Crippen molar-refractivity contribution in [1.82, 2.24) is 10.1 Å². The Balaban J connectivity index is 1.15. The van der Waals surface area contributed by atoms with Gasteiger partial charge in [0.1, 0.15) is 0 Å². The van der Waals surface area contributed by atoms with E-state index in [2.05, 4.69) is 18.9 Å². The van der Waals surface area contributed by atoms with E-state index in [-0.39, 0.29) is 37.5 Å². The molecule has 12 nitrogen and oxygen atoms in total. The summed E-state index contributed by atoms with van der Waals surface area (Å²) >= 11 is 0. The highest BCUT2D eigenvalue weighted by Crippen LogP contribution is 2.51. The molecule has 0 radical (unpaired) electrons. The van der Waals surface area contributed by atoms with Crippen LogP contribution in [0.3, 0.4) is 0 Å². The molecule has 4 aliphatic heterocycles. The third-order valence-electron chi connectivity index (χ3n) is 10.2. The first-order valence-corrected chi connectivity index (χ1v) is 17.3. The Morgan fingerprint density at radius 2 is 0.837 bits per heavy atom. The number of nitrogens with zero attached hydrogens (tertiary/aromatic N) is 4. The second-order valence-electron chi connectivity index (χ2n) is 16.3. The van der Waals surface area contributed by atoms with Crippen molar-refractivity contribution in [2.45, 2.75) is 121 Å². The fourth-order valence-electron chi connectivity index (χ4n) is 9.16. The Labute approximate surface area is 292 Å². The number of piperidine rings is 2. The van der Waals surface area contributed by atoms with Crippen molar-refractivity contribution in [3.05, 3.63) is 59.7 Å². The highest BCUT2D eigenvalue weighted by atomic mass is 31.0. The first kappa shape index (κ1) is 35.8. The lowest BCUT2D eigenvalue weighted by atomic mass is 9.72. The highest BCUT2D eigenvalue weighted by Gasteiger charge is 2.65. The summed E-state index contributed by atoms with van der Waals surface area (Å²) in [7, 11) is 4.54. The average molecular weight is 713 g/mol. The molecular weight excluding hydrogens is 666 g/mol. The number of carbonyl (C=O) groups is 4. The zero-order valence-corrected chi connectivity index (χ0v) is 31.7. The summed E-state index contributed by atoms with van der Waals surface area (Å²) in [6, 6.07) is 14.4. The number of amides is 4. The molecule has 4 amide bonds. The third kappa shape index (κ3) is 5.88. The zero-order chi connectivity index (χ0) is 35.9. The molecule has 2 atom stereocenters. The van der Waals surface area contributed by atoms with E-state index in [1.165, 1.54) is 0 Å². The van der Waals surface area contributed by atoms with Gasteiger partial charge in [-0.15, -0.1) is 0 Å². The van der Waals surface area contributed by atoms with Crippen LogP contribution in [0.4, 0.5) is 21.0 Å². The number of hydrogen-bond donors (Lipinski definition) is 0. The van der Waals surface area contributed by atoms with Crippen molar-refractivity contribution in [1.29, 1.82) is 0 Å². The van der Waals surface area contributed by atoms with Gasteiger partial charge in [0.05, 0.1) is 11.4 Å². The lowest BCUT2D eigenvalue weighted by molar-refractivity contribution is -0.240. The largest absolute Gasteiger partial charge is 0.432 e. The molecule has 0 saturated carbocycles. The molecule has 0 N–H and O–H groups in total. The number of imide groups is 2. The Hall–Kier alpha value is -2.98. The highest BCUT2D eigenvalue weighted by molar-refractivity contribution is 7.09. The van der Waals surface area contributed by atoms with Crippen LogP contribution in [0.15, 0.2) is 48.5 Å². The zero-order valence-electron chi connectivity index (χ0n) is 29.4. The van der Waals surface area contributed by atoms with Gasteiger partial charge in [-0.25, -0.2) is 19.4 Å². The molecule has 14 heteroatoms. The molecule has 49 heavy (non-hydrogen) atoms. The molecule has 4 saturated heterocycles. The van der Waals surface area contributed by atoms with Crippen LogP contribution in [0, 0.1) is 0 Å². The van der Waals surface area contributed by atoms with Gasteiger partial charge in [-0.05, 0) is 97.2 Å². The fraction of sp³-hybridized carbons (Fsp3) is 0.543. The number of carbonyl (C=O) groups excluding carboxylic acids is 4. The molecule has 264 valence electrons. The SMILES string of the molecule is CC1(C)CC2(CC(C)(C)N1OP)OC(=O)N(c1ccc(Cc3ccc(N4C(=O)OC5(CC(C)(C)N(OP)C(C)(C)C5)C4=O)cc3)cc1)C2=O. The maximum absolute atomic E-state index is 13.9. The van der Waals surface area contributed by atoms with Gasteiger partial charge in [0.15, 0.2) is 11.2 Å². The van der Waals surface area contributed by atoms with Crippen LogP contribution in [0.5, 0.6) is 0 Å². The summed E-state index contributed by atoms with van der Waals surface area (Å²) in [6.07, 6.45) is 0.324. The number of ether oxygens (including phenoxy) is 2. The van der Waals surface area contributed by atoms with Crippen LogP contribution in [0.25, 0.3) is 0 Å². The van der Waals surface area contributed by atoms with E-state index in [9.17, 15) is 19.2 Å². The van der Waals surface area contributed by atoms with Crippen molar-refractivity contribution in [3.63, 3.8) is 0 Å². The van der Waals surface area contributed by atoms with E-state index in [0.29, 0.717) is 17.8 Å². The molecule has 0 aromatic heterocycles. The Morgan fingerprint density at radius 1 is 0.551 bits per heavy atom. The molecule has 4 aliphatic rings. The van der Waals surface area contributed by atoms with Crippen molar-refractivity contribution in [3.8, 4) is 0 Å². The van der Waals surface area contributed by atoms with Gasteiger partial charge >= 0.3 is 12.2 Å². The topological polar surface area (TPSA) is 118 Å². The molecule has 4 heterocycles. The van der Waals surface area contributed by atoms with Crippen molar-refractivity contribution < 1.29 is 37.9 Å². The van der Waals surface area contributed by atoms with Crippen LogP contribution in [0.2, 0.25) is 0 Å². The Kier molecular flexibility index (Phi) is 8.62. The maximum atomic E-state index is 13.9. The minimum absolute atomic E-state index is 0.288. The van der Waals surface area contributed by atoms with Crippen molar-refractivity contribution >= 4 is 54.3 Å². The quantitative estimate of drug-likeness (QED) is 0.309. The number of hydroxylamine groups is 4. The number of benzene rings is 2. The molecule has 6 rings (SSSR count). The molecule has 0 bridgehead atoms. The van der Waals surface area contributed by atoms with E-state index in [1.54, 1.807) is 24.3 Å². The molecule has 4 fully saturated rings. The summed E-state index contributed by atoms with van der Waals surface area (Å²) < 4.78 is 22.9. The van der Waals surface area contributed by atoms with Gasteiger partial charge in [0, 0.05) is 66.8 Å². The number of hydrogen-bond acceptors (Lipinski definition) is 10.